The summed E-state index contributed by atoms with van der Waals surface area (Å²) in [4.78, 5) is 0. The van der Waals surface area contributed by atoms with Crippen LogP contribution >= 0.6 is 0 Å². The van der Waals surface area contributed by atoms with Crippen molar-refractivity contribution in [3.05, 3.63) is 41.0 Å². The van der Waals surface area contributed by atoms with Gasteiger partial charge in [-0.2, -0.15) is 5.26 Å². The zero-order chi connectivity index (χ0) is 10.6. The first-order valence-electron chi connectivity index (χ1n) is 3.94. The van der Waals surface area contributed by atoms with Crippen LogP contribution in [0.15, 0.2) is 18.2 Å². The molecule has 0 spiro atoms. The Morgan fingerprint density at radius 1 is 1.36 bits per heavy atom. The van der Waals surface area contributed by atoms with Crippen LogP contribution in [0.25, 0.3) is 6.08 Å². The minimum absolute atomic E-state index is 0.295. The van der Waals surface area contributed by atoms with Gasteiger partial charge in [-0.1, -0.05) is 12.2 Å². The SMILES string of the molecule is N#Cc1c(F)cc(C=CCN)cc1F. The molecule has 0 unspecified atom stereocenters. The predicted octanol–water partition coefficient (Wildman–Crippen LogP) is 1.81. The molecule has 1 rings (SSSR count). The monoisotopic (exact) mass is 194 g/mol. The van der Waals surface area contributed by atoms with Crippen LogP contribution in [-0.4, -0.2) is 6.54 Å². The van der Waals surface area contributed by atoms with Gasteiger partial charge >= 0.3 is 0 Å². The maximum Gasteiger partial charge on any atom is 0.144 e. The van der Waals surface area contributed by atoms with Gasteiger partial charge < -0.3 is 5.73 Å². The highest BCUT2D eigenvalue weighted by molar-refractivity contribution is 5.52. The molecule has 0 radical (unpaired) electrons. The van der Waals surface area contributed by atoms with Crippen LogP contribution in [0.1, 0.15) is 11.1 Å². The highest BCUT2D eigenvalue weighted by Gasteiger charge is 2.08. The van der Waals surface area contributed by atoms with Crippen molar-refractivity contribution >= 4 is 6.08 Å². The highest BCUT2D eigenvalue weighted by Crippen LogP contribution is 2.15. The Labute approximate surface area is 80.3 Å². The second kappa shape index (κ2) is 4.49. The minimum Gasteiger partial charge on any atom is -0.327 e. The molecule has 0 fully saturated rings. The second-order valence-corrected chi connectivity index (χ2v) is 2.61. The number of nitrogens with zero attached hydrogens (tertiary/aromatic N) is 1. The number of nitriles is 1. The molecule has 0 bridgehead atoms. The molecule has 0 heterocycles. The topological polar surface area (TPSA) is 49.8 Å². The molecule has 0 saturated heterocycles. The van der Waals surface area contributed by atoms with Gasteiger partial charge in [0, 0.05) is 6.54 Å². The lowest BCUT2D eigenvalue weighted by Crippen LogP contribution is -1.94. The molecule has 0 aromatic heterocycles. The molecule has 2 nitrogen and oxygen atoms in total. The molecule has 0 aliphatic carbocycles. The Kier molecular flexibility index (Phi) is 3.32. The Bertz CT molecular complexity index is 382. The van der Waals surface area contributed by atoms with E-state index in [1.54, 1.807) is 6.08 Å². The molecule has 0 atom stereocenters. The van der Waals surface area contributed by atoms with Gasteiger partial charge in [0.05, 0.1) is 0 Å². The van der Waals surface area contributed by atoms with Crippen molar-refractivity contribution < 1.29 is 8.78 Å². The predicted molar refractivity (Wildman–Crippen MR) is 49.2 cm³/mol. The van der Waals surface area contributed by atoms with E-state index in [0.717, 1.165) is 12.1 Å². The summed E-state index contributed by atoms with van der Waals surface area (Å²) in [5.41, 5.74) is 4.97. The maximum absolute atomic E-state index is 13.0. The number of nitrogens with two attached hydrogens (primary N) is 1. The molecule has 0 saturated carbocycles. The standard InChI is InChI=1S/C10H8F2N2/c11-9-4-7(2-1-3-13)5-10(12)8(9)6-14/h1-2,4-5H,3,13H2. The summed E-state index contributed by atoms with van der Waals surface area (Å²) in [7, 11) is 0. The van der Waals surface area contributed by atoms with E-state index in [9.17, 15) is 8.78 Å². The van der Waals surface area contributed by atoms with Crippen LogP contribution in [0.4, 0.5) is 8.78 Å². The van der Waals surface area contributed by atoms with Gasteiger partial charge in [-0.25, -0.2) is 8.78 Å². The van der Waals surface area contributed by atoms with E-state index in [1.165, 1.54) is 12.1 Å². The Morgan fingerprint density at radius 2 is 1.93 bits per heavy atom. The lowest BCUT2D eigenvalue weighted by molar-refractivity contribution is 0.576. The Hall–Kier alpha value is -1.73. The van der Waals surface area contributed by atoms with Crippen molar-refractivity contribution in [1.82, 2.24) is 0 Å². The zero-order valence-corrected chi connectivity index (χ0v) is 7.30. The third-order valence-corrected chi connectivity index (χ3v) is 1.62. The van der Waals surface area contributed by atoms with Crippen molar-refractivity contribution in [2.24, 2.45) is 5.73 Å². The van der Waals surface area contributed by atoms with E-state index in [2.05, 4.69) is 0 Å². The molecule has 0 aliphatic heterocycles. The summed E-state index contributed by atoms with van der Waals surface area (Å²) in [5.74, 6) is -1.71. The second-order valence-electron chi connectivity index (χ2n) is 2.61. The molecule has 4 heteroatoms. The smallest absolute Gasteiger partial charge is 0.144 e. The van der Waals surface area contributed by atoms with E-state index >= 15 is 0 Å². The van der Waals surface area contributed by atoms with Gasteiger partial charge in [-0.15, -0.1) is 0 Å². The number of benzene rings is 1. The quantitative estimate of drug-likeness (QED) is 0.780. The average molecular weight is 194 g/mol. The first kappa shape index (κ1) is 10.4. The number of hydrogen-bond acceptors (Lipinski definition) is 2. The van der Waals surface area contributed by atoms with E-state index in [4.69, 9.17) is 11.0 Å². The van der Waals surface area contributed by atoms with Crippen LogP contribution in [0.5, 0.6) is 0 Å². The number of halogens is 2. The average Bonchev–Trinajstić information content (AvgIpc) is 2.14. The summed E-state index contributed by atoms with van der Waals surface area (Å²) < 4.78 is 26.0. The summed E-state index contributed by atoms with van der Waals surface area (Å²) >= 11 is 0. The summed E-state index contributed by atoms with van der Waals surface area (Å²) in [6, 6.07) is 3.63. The van der Waals surface area contributed by atoms with Gasteiger partial charge in [-0.05, 0) is 17.7 Å². The highest BCUT2D eigenvalue weighted by atomic mass is 19.1. The number of hydrogen-bond donors (Lipinski definition) is 1. The van der Waals surface area contributed by atoms with Crippen molar-refractivity contribution in [3.8, 4) is 6.07 Å². The number of rotatable bonds is 2. The van der Waals surface area contributed by atoms with Crippen molar-refractivity contribution in [3.63, 3.8) is 0 Å². The molecular weight excluding hydrogens is 186 g/mol. The molecule has 1 aromatic carbocycles. The van der Waals surface area contributed by atoms with Crippen LogP contribution in [0.3, 0.4) is 0 Å². The van der Waals surface area contributed by atoms with Gasteiger partial charge in [0.25, 0.3) is 0 Å². The Balaban J connectivity index is 3.16. The van der Waals surface area contributed by atoms with E-state index in [0.29, 0.717) is 12.1 Å². The first-order valence-corrected chi connectivity index (χ1v) is 3.94. The fourth-order valence-corrected chi connectivity index (χ4v) is 1.000. The van der Waals surface area contributed by atoms with Crippen molar-refractivity contribution in [2.75, 3.05) is 6.54 Å². The maximum atomic E-state index is 13.0. The molecule has 0 aliphatic rings. The third-order valence-electron chi connectivity index (χ3n) is 1.62. The summed E-state index contributed by atoms with van der Waals surface area (Å²) in [6.45, 7) is 0.295. The van der Waals surface area contributed by atoms with Crippen LogP contribution in [-0.2, 0) is 0 Å². The molecule has 14 heavy (non-hydrogen) atoms. The first-order chi connectivity index (χ1) is 6.69. The van der Waals surface area contributed by atoms with Gasteiger partial charge in [-0.3, -0.25) is 0 Å². The van der Waals surface area contributed by atoms with Gasteiger partial charge in [0.2, 0.25) is 0 Å². The van der Waals surface area contributed by atoms with Gasteiger partial charge in [0.15, 0.2) is 0 Å². The normalized spacial score (nSPS) is 10.4. The summed E-state index contributed by atoms with van der Waals surface area (Å²) in [5, 5.41) is 8.40. The molecule has 0 amide bonds. The van der Waals surface area contributed by atoms with E-state index < -0.39 is 17.2 Å². The molecular formula is C10H8F2N2. The lowest BCUT2D eigenvalue weighted by Gasteiger charge is -1.98. The zero-order valence-electron chi connectivity index (χ0n) is 7.30. The molecule has 72 valence electrons. The summed E-state index contributed by atoms with van der Waals surface area (Å²) in [6.07, 6.45) is 3.06. The fraction of sp³-hybridized carbons (Fsp3) is 0.100. The minimum atomic E-state index is -0.857. The van der Waals surface area contributed by atoms with Crippen LogP contribution in [0, 0.1) is 23.0 Å². The fourth-order valence-electron chi connectivity index (χ4n) is 1.000. The van der Waals surface area contributed by atoms with Crippen LogP contribution in [0.2, 0.25) is 0 Å². The molecule has 2 N–H and O–H groups in total. The largest absolute Gasteiger partial charge is 0.327 e. The Morgan fingerprint density at radius 3 is 2.36 bits per heavy atom. The lowest BCUT2D eigenvalue weighted by atomic mass is 10.1. The van der Waals surface area contributed by atoms with E-state index in [1.807, 2.05) is 0 Å². The van der Waals surface area contributed by atoms with Gasteiger partial charge in [0.1, 0.15) is 23.3 Å². The van der Waals surface area contributed by atoms with E-state index in [-0.39, 0.29) is 0 Å². The van der Waals surface area contributed by atoms with Crippen molar-refractivity contribution in [1.29, 1.82) is 5.26 Å². The van der Waals surface area contributed by atoms with Crippen molar-refractivity contribution in [2.45, 2.75) is 0 Å². The molecule has 1 aromatic rings. The third kappa shape index (κ3) is 2.15. The van der Waals surface area contributed by atoms with Crippen LogP contribution < -0.4 is 5.73 Å².